The molecule has 1 saturated heterocycles. The van der Waals surface area contributed by atoms with Crippen LogP contribution in [0.25, 0.3) is 0 Å². The standard InChI is InChI=1S/C10H18N2O3/c13-8-4-5-11-9(14)10(15)12-6-2-1-3-7-12/h13H,1-8H2,(H,11,14). The van der Waals surface area contributed by atoms with Crippen molar-refractivity contribution in [1.29, 1.82) is 0 Å². The second kappa shape index (κ2) is 6.40. The van der Waals surface area contributed by atoms with Gasteiger partial charge < -0.3 is 15.3 Å². The lowest BCUT2D eigenvalue weighted by Gasteiger charge is -2.25. The van der Waals surface area contributed by atoms with E-state index in [1.54, 1.807) is 4.90 Å². The van der Waals surface area contributed by atoms with Gasteiger partial charge in [0.2, 0.25) is 0 Å². The van der Waals surface area contributed by atoms with Gasteiger partial charge in [-0.25, -0.2) is 0 Å². The third-order valence-electron chi connectivity index (χ3n) is 2.46. The van der Waals surface area contributed by atoms with Crippen LogP contribution in [-0.2, 0) is 9.59 Å². The zero-order valence-electron chi connectivity index (χ0n) is 8.87. The van der Waals surface area contributed by atoms with Gasteiger partial charge in [0.1, 0.15) is 0 Å². The van der Waals surface area contributed by atoms with Gasteiger partial charge in [0.05, 0.1) is 0 Å². The molecule has 0 atom stereocenters. The molecule has 2 N–H and O–H groups in total. The minimum atomic E-state index is -0.551. The molecule has 0 spiro atoms. The molecule has 1 heterocycles. The first kappa shape index (κ1) is 12.0. The lowest BCUT2D eigenvalue weighted by molar-refractivity contribution is -0.146. The first-order valence-corrected chi connectivity index (χ1v) is 5.43. The summed E-state index contributed by atoms with van der Waals surface area (Å²) in [7, 11) is 0. The highest BCUT2D eigenvalue weighted by atomic mass is 16.3. The van der Waals surface area contributed by atoms with Gasteiger partial charge in [-0.1, -0.05) is 0 Å². The summed E-state index contributed by atoms with van der Waals surface area (Å²) in [5.74, 6) is -0.988. The highest BCUT2D eigenvalue weighted by Crippen LogP contribution is 2.08. The highest BCUT2D eigenvalue weighted by molar-refractivity contribution is 6.35. The minimum Gasteiger partial charge on any atom is -0.396 e. The molecule has 5 heteroatoms. The Kier molecular flexibility index (Phi) is 5.10. The zero-order valence-corrected chi connectivity index (χ0v) is 8.87. The van der Waals surface area contributed by atoms with Crippen LogP contribution >= 0.6 is 0 Å². The van der Waals surface area contributed by atoms with Crippen molar-refractivity contribution in [2.45, 2.75) is 25.7 Å². The molecule has 0 unspecified atom stereocenters. The van der Waals surface area contributed by atoms with E-state index in [1.807, 2.05) is 0 Å². The number of rotatable bonds is 3. The van der Waals surface area contributed by atoms with E-state index < -0.39 is 11.8 Å². The quantitative estimate of drug-likeness (QED) is 0.491. The molecule has 0 saturated carbocycles. The molecule has 86 valence electrons. The van der Waals surface area contributed by atoms with Crippen molar-refractivity contribution in [2.75, 3.05) is 26.2 Å². The van der Waals surface area contributed by atoms with E-state index in [9.17, 15) is 9.59 Å². The topological polar surface area (TPSA) is 69.6 Å². The van der Waals surface area contributed by atoms with Crippen molar-refractivity contribution < 1.29 is 14.7 Å². The maximum atomic E-state index is 11.5. The normalized spacial score (nSPS) is 16.2. The summed E-state index contributed by atoms with van der Waals surface area (Å²) < 4.78 is 0. The molecule has 0 aromatic carbocycles. The third kappa shape index (κ3) is 3.87. The van der Waals surface area contributed by atoms with E-state index >= 15 is 0 Å². The smallest absolute Gasteiger partial charge is 0.311 e. The maximum absolute atomic E-state index is 11.5. The summed E-state index contributed by atoms with van der Waals surface area (Å²) in [6, 6.07) is 0. The van der Waals surface area contributed by atoms with Crippen molar-refractivity contribution >= 4 is 11.8 Å². The molecule has 0 bridgehead atoms. The van der Waals surface area contributed by atoms with Crippen molar-refractivity contribution in [1.82, 2.24) is 10.2 Å². The molecular weight excluding hydrogens is 196 g/mol. The van der Waals surface area contributed by atoms with Gasteiger partial charge in [0, 0.05) is 26.2 Å². The Morgan fingerprint density at radius 3 is 2.47 bits per heavy atom. The summed E-state index contributed by atoms with van der Waals surface area (Å²) in [6.07, 6.45) is 3.58. The molecule has 0 aromatic rings. The molecule has 0 aromatic heterocycles. The highest BCUT2D eigenvalue weighted by Gasteiger charge is 2.22. The fraction of sp³-hybridized carbons (Fsp3) is 0.800. The predicted octanol–water partition coefficient (Wildman–Crippen LogP) is -0.502. The average molecular weight is 214 g/mol. The van der Waals surface area contributed by atoms with Gasteiger partial charge in [-0.15, -0.1) is 0 Å². The second-order valence-corrected chi connectivity index (χ2v) is 3.69. The summed E-state index contributed by atoms with van der Waals surface area (Å²) in [5.41, 5.74) is 0. The van der Waals surface area contributed by atoms with Gasteiger partial charge >= 0.3 is 11.8 Å². The van der Waals surface area contributed by atoms with Gasteiger partial charge in [0.15, 0.2) is 0 Å². The van der Waals surface area contributed by atoms with Crippen LogP contribution in [0.2, 0.25) is 0 Å². The number of nitrogens with one attached hydrogen (secondary N) is 1. The zero-order chi connectivity index (χ0) is 11.1. The Morgan fingerprint density at radius 1 is 1.20 bits per heavy atom. The van der Waals surface area contributed by atoms with E-state index in [-0.39, 0.29) is 6.61 Å². The summed E-state index contributed by atoms with van der Waals surface area (Å²) in [4.78, 5) is 24.5. The number of aliphatic hydroxyl groups is 1. The maximum Gasteiger partial charge on any atom is 0.311 e. The third-order valence-corrected chi connectivity index (χ3v) is 2.46. The van der Waals surface area contributed by atoms with E-state index in [1.165, 1.54) is 0 Å². The first-order valence-electron chi connectivity index (χ1n) is 5.43. The molecule has 0 aliphatic carbocycles. The molecule has 1 rings (SSSR count). The molecule has 2 amide bonds. The number of nitrogens with zero attached hydrogens (tertiary/aromatic N) is 1. The van der Waals surface area contributed by atoms with Crippen LogP contribution in [0.4, 0.5) is 0 Å². The number of aliphatic hydroxyl groups excluding tert-OH is 1. The Bertz CT molecular complexity index is 225. The average Bonchev–Trinajstić information content (AvgIpc) is 2.29. The van der Waals surface area contributed by atoms with E-state index in [2.05, 4.69) is 5.32 Å². The van der Waals surface area contributed by atoms with Crippen LogP contribution in [0.3, 0.4) is 0 Å². The molecular formula is C10H18N2O3. The number of hydrogen-bond donors (Lipinski definition) is 2. The van der Waals surface area contributed by atoms with Crippen molar-refractivity contribution in [3.05, 3.63) is 0 Å². The van der Waals surface area contributed by atoms with E-state index in [0.717, 1.165) is 19.3 Å². The Balaban J connectivity index is 2.28. The molecule has 0 radical (unpaired) electrons. The lowest BCUT2D eigenvalue weighted by Crippen LogP contribution is -2.45. The van der Waals surface area contributed by atoms with Gasteiger partial charge in [-0.2, -0.15) is 0 Å². The fourth-order valence-electron chi connectivity index (χ4n) is 1.60. The van der Waals surface area contributed by atoms with Gasteiger partial charge in [-0.3, -0.25) is 9.59 Å². The number of hydrogen-bond acceptors (Lipinski definition) is 3. The number of carbonyl (C=O) groups is 2. The van der Waals surface area contributed by atoms with Crippen molar-refractivity contribution in [3.63, 3.8) is 0 Å². The van der Waals surface area contributed by atoms with Crippen LogP contribution in [-0.4, -0.2) is 48.1 Å². The summed E-state index contributed by atoms with van der Waals surface area (Å²) >= 11 is 0. The molecule has 5 nitrogen and oxygen atoms in total. The van der Waals surface area contributed by atoms with Gasteiger partial charge in [0.25, 0.3) is 0 Å². The van der Waals surface area contributed by atoms with Crippen molar-refractivity contribution in [2.24, 2.45) is 0 Å². The fourth-order valence-corrected chi connectivity index (χ4v) is 1.60. The van der Waals surface area contributed by atoms with Gasteiger partial charge in [-0.05, 0) is 25.7 Å². The Labute approximate surface area is 89.4 Å². The number of likely N-dealkylation sites (tertiary alicyclic amines) is 1. The first-order chi connectivity index (χ1) is 7.25. The van der Waals surface area contributed by atoms with Crippen LogP contribution < -0.4 is 5.32 Å². The summed E-state index contributed by atoms with van der Waals surface area (Å²) in [5, 5.41) is 11.0. The molecule has 1 fully saturated rings. The minimum absolute atomic E-state index is 0.0260. The molecule has 15 heavy (non-hydrogen) atoms. The van der Waals surface area contributed by atoms with Crippen LogP contribution in [0, 0.1) is 0 Å². The van der Waals surface area contributed by atoms with Crippen molar-refractivity contribution in [3.8, 4) is 0 Å². The summed E-state index contributed by atoms with van der Waals surface area (Å²) in [6.45, 7) is 1.76. The monoisotopic (exact) mass is 214 g/mol. The number of amides is 2. The second-order valence-electron chi connectivity index (χ2n) is 3.69. The predicted molar refractivity (Wildman–Crippen MR) is 55.1 cm³/mol. The van der Waals surface area contributed by atoms with Crippen LogP contribution in [0.15, 0.2) is 0 Å². The lowest BCUT2D eigenvalue weighted by atomic mass is 10.1. The number of piperidine rings is 1. The largest absolute Gasteiger partial charge is 0.396 e. The number of carbonyl (C=O) groups excluding carboxylic acids is 2. The Morgan fingerprint density at radius 2 is 1.87 bits per heavy atom. The van der Waals surface area contributed by atoms with Crippen LogP contribution in [0.5, 0.6) is 0 Å². The molecule has 1 aliphatic heterocycles. The Hall–Kier alpha value is -1.10. The SMILES string of the molecule is O=C(NCCCO)C(=O)N1CCCCC1. The van der Waals surface area contributed by atoms with E-state index in [4.69, 9.17) is 5.11 Å². The van der Waals surface area contributed by atoms with E-state index in [0.29, 0.717) is 26.1 Å². The molecule has 1 aliphatic rings. The van der Waals surface area contributed by atoms with Crippen LogP contribution in [0.1, 0.15) is 25.7 Å².